The van der Waals surface area contributed by atoms with Gasteiger partial charge in [0.05, 0.1) is 0 Å². The van der Waals surface area contributed by atoms with Crippen LogP contribution in [0.1, 0.15) is 162 Å². The molecule has 4 aromatic carbocycles. The molecule has 4 aromatic rings. The van der Waals surface area contributed by atoms with Gasteiger partial charge in [-0.25, -0.2) is 0 Å². The minimum absolute atomic E-state index is 0. The molecule has 0 N–H and O–H groups in total. The summed E-state index contributed by atoms with van der Waals surface area (Å²) in [6.07, 6.45) is 7.50. The summed E-state index contributed by atoms with van der Waals surface area (Å²) in [6.45, 7) is 37.9. The van der Waals surface area contributed by atoms with Gasteiger partial charge in [-0.3, -0.25) is 0 Å². The standard InChI is InChI=1S/C21H25.C21H26.C11H17.2ClH.Zr/c1-20(2,3)16-9-7-14-11-15-8-10-17(21(4,5)6)13-19(15)18(14)12-16;1-20(2,3)18-11-7-16(8-12-18)15-17-9-13-19(14-10-17)21(4,5)6;1-5-9-6-7-10(8-9)11(2,3)4;;;/h7,9-10,12-13H,11H2,1-6H3;7-14H,1-6H3;7-9H,5H2,1-4H3;2*1H;/q;;;;;+2/p-2. The Bertz CT molecular complexity index is 2100. The monoisotopic (exact) mass is 864 g/mol. The number of allylic oxidation sites excluding steroid dienone is 4. The first kappa shape index (κ1) is 46.4. The molecule has 0 saturated carbocycles. The second-order valence-electron chi connectivity index (χ2n) is 21.5. The zero-order valence-corrected chi connectivity index (χ0v) is 41.4. The van der Waals surface area contributed by atoms with Gasteiger partial charge in [0, 0.05) is 0 Å². The number of halogens is 2. The van der Waals surface area contributed by atoms with Crippen molar-refractivity contribution >= 4 is 6.48 Å². The Morgan fingerprint density at radius 3 is 1.41 bits per heavy atom. The quantitative estimate of drug-likeness (QED) is 0.169. The molecule has 298 valence electrons. The fourth-order valence-electron chi connectivity index (χ4n) is 8.25. The molecular formula is C53H68Cl2Zr. The summed E-state index contributed by atoms with van der Waals surface area (Å²) in [4.78, 5) is 0. The molecule has 2 aliphatic rings. The molecule has 1 atom stereocenters. The summed E-state index contributed by atoms with van der Waals surface area (Å²) >= 11 is -3.02. The molecule has 0 amide bonds. The van der Waals surface area contributed by atoms with Crippen LogP contribution in [0, 0.1) is 11.3 Å². The van der Waals surface area contributed by atoms with E-state index in [1.54, 1.807) is 15.3 Å². The van der Waals surface area contributed by atoms with Crippen molar-refractivity contribution in [1.29, 1.82) is 0 Å². The Kier molecular flexibility index (Phi) is 13.6. The van der Waals surface area contributed by atoms with Crippen molar-refractivity contribution in [2.24, 2.45) is 11.3 Å². The van der Waals surface area contributed by atoms with Crippen LogP contribution in [0.4, 0.5) is 0 Å². The van der Waals surface area contributed by atoms with E-state index in [-0.39, 0.29) is 51.9 Å². The summed E-state index contributed by atoms with van der Waals surface area (Å²) in [5, 5.41) is 0. The number of hydrogen-bond acceptors (Lipinski definition) is 0. The normalized spacial score (nSPS) is 15.4. The predicted molar refractivity (Wildman–Crippen MR) is 235 cm³/mol. The molecule has 6 rings (SSSR count). The number of benzene rings is 4. The van der Waals surface area contributed by atoms with Gasteiger partial charge in [0.25, 0.3) is 0 Å². The first-order valence-corrected chi connectivity index (χ1v) is 24.3. The second kappa shape index (κ2) is 16.4. The minimum atomic E-state index is -3.02. The van der Waals surface area contributed by atoms with E-state index in [1.807, 2.05) is 0 Å². The van der Waals surface area contributed by atoms with E-state index in [0.717, 1.165) is 12.8 Å². The first-order valence-electron chi connectivity index (χ1n) is 20.6. The maximum atomic E-state index is 2.71. The molecule has 0 aliphatic heterocycles. The van der Waals surface area contributed by atoms with Gasteiger partial charge in [0.15, 0.2) is 0 Å². The number of hydrogen-bond donors (Lipinski definition) is 0. The van der Waals surface area contributed by atoms with Crippen molar-refractivity contribution in [3.63, 3.8) is 0 Å². The van der Waals surface area contributed by atoms with Crippen molar-refractivity contribution in [2.75, 3.05) is 0 Å². The van der Waals surface area contributed by atoms with Gasteiger partial charge in [-0.1, -0.05) is 0 Å². The molecule has 0 spiro atoms. The average molecular weight is 867 g/mol. The van der Waals surface area contributed by atoms with Gasteiger partial charge in [-0.15, -0.1) is 0 Å². The Labute approximate surface area is 362 Å². The average Bonchev–Trinajstić information content (AvgIpc) is 3.67. The van der Waals surface area contributed by atoms with Crippen molar-refractivity contribution in [1.82, 2.24) is 0 Å². The maximum Gasteiger partial charge on any atom is -1.00 e. The van der Waals surface area contributed by atoms with Crippen LogP contribution in [0.15, 0.2) is 99.9 Å². The van der Waals surface area contributed by atoms with E-state index in [4.69, 9.17) is 0 Å². The molecule has 0 saturated heterocycles. The number of rotatable bonds is 5. The van der Waals surface area contributed by atoms with Crippen LogP contribution in [0.3, 0.4) is 0 Å². The fraction of sp³-hybridized carbons (Fsp3) is 0.453. The van der Waals surface area contributed by atoms with Crippen LogP contribution in [0.25, 0.3) is 11.1 Å². The van der Waals surface area contributed by atoms with Gasteiger partial charge in [0.2, 0.25) is 0 Å². The smallest absolute Gasteiger partial charge is 1.00 e. The van der Waals surface area contributed by atoms with Gasteiger partial charge >= 0.3 is 340 Å². The van der Waals surface area contributed by atoms with Crippen LogP contribution in [-0.4, -0.2) is 3.21 Å². The molecule has 0 bridgehead atoms. The molecule has 0 fully saturated rings. The Hall–Kier alpha value is -2.31. The van der Waals surface area contributed by atoms with Crippen LogP contribution >= 0.6 is 0 Å². The third-order valence-corrected chi connectivity index (χ3v) is 19.8. The van der Waals surface area contributed by atoms with Crippen molar-refractivity contribution in [3.8, 4) is 11.1 Å². The van der Waals surface area contributed by atoms with E-state index in [0.29, 0.717) is 5.92 Å². The minimum Gasteiger partial charge on any atom is -1.00 e. The van der Waals surface area contributed by atoms with Gasteiger partial charge in [0.1, 0.15) is 0 Å². The van der Waals surface area contributed by atoms with Crippen LogP contribution in [0.5, 0.6) is 0 Å². The van der Waals surface area contributed by atoms with Crippen molar-refractivity contribution in [2.45, 2.75) is 145 Å². The van der Waals surface area contributed by atoms with Gasteiger partial charge < -0.3 is 24.8 Å². The Morgan fingerprint density at radius 1 is 0.536 bits per heavy atom. The fourth-order valence-corrected chi connectivity index (χ4v) is 17.0. The summed E-state index contributed by atoms with van der Waals surface area (Å²) in [7, 11) is 0. The summed E-state index contributed by atoms with van der Waals surface area (Å²) in [5.74, 6) is 0.455. The molecule has 2 aliphatic carbocycles. The van der Waals surface area contributed by atoms with E-state index >= 15 is 0 Å². The largest absolute Gasteiger partial charge is 1.00 e. The zero-order chi connectivity index (χ0) is 39.8. The predicted octanol–water partition coefficient (Wildman–Crippen LogP) is 7.86. The number of fused-ring (bicyclic) bond motifs is 3. The van der Waals surface area contributed by atoms with Crippen molar-refractivity contribution in [3.05, 3.63) is 144 Å². The van der Waals surface area contributed by atoms with Crippen LogP contribution in [0.2, 0.25) is 0 Å². The molecule has 0 nitrogen and oxygen atoms in total. The zero-order valence-electron chi connectivity index (χ0n) is 37.4. The van der Waals surface area contributed by atoms with E-state index in [9.17, 15) is 0 Å². The molecule has 3 heteroatoms. The topological polar surface area (TPSA) is 0 Å². The van der Waals surface area contributed by atoms with E-state index < -0.39 is 21.3 Å². The van der Waals surface area contributed by atoms with E-state index in [1.165, 1.54) is 55.6 Å². The Morgan fingerprint density at radius 2 is 0.982 bits per heavy atom. The first-order chi connectivity index (χ1) is 24.9. The summed E-state index contributed by atoms with van der Waals surface area (Å²) in [5.41, 5.74) is 16.4. The summed E-state index contributed by atoms with van der Waals surface area (Å²) < 4.78 is 5.03. The van der Waals surface area contributed by atoms with E-state index in [2.05, 4.69) is 202 Å². The van der Waals surface area contributed by atoms with Gasteiger partial charge in [-0.2, -0.15) is 0 Å². The van der Waals surface area contributed by atoms with Crippen LogP contribution < -0.4 is 28.1 Å². The Balaban J connectivity index is 0.00000348. The molecule has 56 heavy (non-hydrogen) atoms. The van der Waals surface area contributed by atoms with Crippen LogP contribution in [-0.2, 0) is 49.3 Å². The third kappa shape index (κ3) is 9.43. The summed E-state index contributed by atoms with van der Waals surface area (Å²) in [6, 6.07) is 32.2. The molecule has 1 unspecified atom stereocenters. The second-order valence-corrected chi connectivity index (χ2v) is 27.3. The molecule has 0 radical (unpaired) electrons. The third-order valence-electron chi connectivity index (χ3n) is 12.0. The van der Waals surface area contributed by atoms with Crippen molar-refractivity contribution < 1.29 is 46.1 Å². The SMILES string of the molecule is CCC1C=C(C(C)(C)C)C=[C]1[Zr+2](=[C](c1ccc(C(C)(C)C)cc1)c1ccc(C(C)(C)C)cc1)[c]1cc(C(C)(C)C)cc2c1Cc1ccc(C(C)(C)C)cc1-2.[Cl-].[Cl-]. The van der Waals surface area contributed by atoms with Gasteiger partial charge in [-0.05, 0) is 0 Å². The maximum absolute atomic E-state index is 3.02. The molecular weight excluding hydrogens is 799 g/mol. The molecule has 0 heterocycles. The molecule has 0 aromatic heterocycles.